The first-order valence-electron chi connectivity index (χ1n) is 39.7. The molecule has 8 heterocycles. The number of primary amides is 1. The second kappa shape index (κ2) is 39.2. The topological polar surface area (TPSA) is 559 Å². The maximum Gasteiger partial charge on any atom is 0.573 e. The average molecular weight is 1790 g/mol. The summed E-state index contributed by atoms with van der Waals surface area (Å²) in [4.78, 5) is 139. The number of aliphatic hydroxyl groups is 6. The Morgan fingerprint density at radius 2 is 1.34 bits per heavy atom. The summed E-state index contributed by atoms with van der Waals surface area (Å²) in [6.07, 6.45) is -22.4. The largest absolute Gasteiger partial charge is 0.573 e. The number of nitrogens with two attached hydrogens (primary N) is 1. The number of alkyl halides is 3. The highest BCUT2D eigenvalue weighted by Crippen LogP contribution is 2.50. The van der Waals surface area contributed by atoms with Gasteiger partial charge in [-0.25, -0.2) is 10.3 Å². The van der Waals surface area contributed by atoms with Crippen molar-refractivity contribution < 1.29 is 140 Å². The highest BCUT2D eigenvalue weighted by molar-refractivity contribution is 6.32. The predicted molar refractivity (Wildman–Crippen MR) is 432 cm³/mol. The van der Waals surface area contributed by atoms with Crippen molar-refractivity contribution in [3.8, 4) is 62.9 Å². The Bertz CT molecular complexity index is 5040. The van der Waals surface area contributed by atoms with Crippen LogP contribution >= 0.6 is 23.2 Å². The van der Waals surface area contributed by atoms with Crippen LogP contribution in [0.4, 0.5) is 23.7 Å². The number of anilines is 1. The summed E-state index contributed by atoms with van der Waals surface area (Å²) in [6.45, 7) is 6.75. The summed E-state index contributed by atoms with van der Waals surface area (Å²) in [5.74, 6) is -15.8. The zero-order chi connectivity index (χ0) is 90.5. The van der Waals surface area contributed by atoms with Crippen LogP contribution in [-0.2, 0) is 57.4 Å². The van der Waals surface area contributed by atoms with Crippen molar-refractivity contribution >= 4 is 82.2 Å². The predicted octanol–water partition coefficient (Wildman–Crippen LogP) is 3.56. The van der Waals surface area contributed by atoms with Crippen molar-refractivity contribution in [3.63, 3.8) is 0 Å². The van der Waals surface area contributed by atoms with Gasteiger partial charge in [0.2, 0.25) is 53.4 Å². The molecular weight excluding hydrogens is 1700 g/mol. The molecule has 10 amide bonds. The van der Waals surface area contributed by atoms with E-state index in [0.29, 0.717) is 32.4 Å². The van der Waals surface area contributed by atoms with Crippen LogP contribution in [0, 0.1) is 11.8 Å². The molecule has 18 atom stereocenters. The monoisotopic (exact) mass is 1790 g/mol. The number of likely N-dealkylation sites (tertiary alicyclic amines) is 1. The van der Waals surface area contributed by atoms with Gasteiger partial charge in [0, 0.05) is 47.9 Å². The van der Waals surface area contributed by atoms with Gasteiger partial charge in [0.05, 0.1) is 48.4 Å². The number of rotatable bonds is 20. The molecule has 0 aromatic heterocycles. The van der Waals surface area contributed by atoms with Crippen molar-refractivity contribution in [2.45, 2.75) is 182 Å². The van der Waals surface area contributed by atoms with Gasteiger partial charge in [-0.15, -0.1) is 13.2 Å². The lowest BCUT2D eigenvalue weighted by atomic mass is 9.84. The number of carbonyl (C=O) groups is 9. The number of nitrogens with one attached hydrogen (secondary N) is 10. The van der Waals surface area contributed by atoms with E-state index < -0.39 is 255 Å². The zero-order valence-corrected chi connectivity index (χ0v) is 69.2. The summed E-state index contributed by atoms with van der Waals surface area (Å²) in [5, 5.41) is 129. The molecule has 674 valence electrons. The normalized spacial score (nSPS) is 27.0. The van der Waals surface area contributed by atoms with Crippen LogP contribution in [0.25, 0.3) is 11.1 Å². The molecule has 8 aliphatic heterocycles. The number of ether oxygens (including phenoxy) is 7. The fraction of sp³-hybridized carbons (Fsp3) is 0.451. The molecule has 11 bridgehead atoms. The first-order chi connectivity index (χ1) is 59.2. The van der Waals surface area contributed by atoms with Crippen molar-refractivity contribution in [2.75, 3.05) is 45.7 Å². The number of piperidine rings is 1. The molecule has 0 unspecified atom stereocenters. The number of carbonyl (C=O) groups excluding carboxylic acids is 9. The maximum atomic E-state index is 16.3. The lowest BCUT2D eigenvalue weighted by Crippen LogP contribution is -2.65. The van der Waals surface area contributed by atoms with E-state index in [1.807, 2.05) is 13.8 Å². The summed E-state index contributed by atoms with van der Waals surface area (Å²) < 4.78 is 81.8. The second-order valence-electron chi connectivity index (χ2n) is 31.6. The minimum Gasteiger partial charge on any atom is -0.508 e. The number of hydrogen-bond donors (Lipinski definition) is 20. The van der Waals surface area contributed by atoms with Gasteiger partial charge in [0.25, 0.3) is 5.91 Å². The molecule has 43 heteroatoms. The van der Waals surface area contributed by atoms with Crippen LogP contribution in [-0.4, -0.2) is 230 Å². The van der Waals surface area contributed by atoms with Gasteiger partial charge in [-0.2, -0.15) is 0 Å². The molecule has 0 aliphatic carbocycles. The molecule has 125 heavy (non-hydrogen) atoms. The van der Waals surface area contributed by atoms with E-state index >= 15 is 24.0 Å². The molecule has 0 radical (unpaired) electrons. The standard InChI is InChI=1S/C82H95Cl2F3N12O26/c1-34(2)23-48(89-5)72(110)96-63-65(105)38-8-15-52(46(83)25-38)120-54-27-40-28-55(69(54)124-79-70(68(108)67(107)56(33-100)122-79)123-58-32-81(4,71(109)35(3)119-58)90-20-17-36-18-21-99(22-19-36)80(117)91-41-10-12-43(13-11-41)125-82(85,86)87)121-53-16-9-39(26-47(53)84)66(106)64-77(115)95-62(78(116)98-118-6)45-29-42(101)30-51(103)59(45)44-24-37(7-14-50(44)102)60(74(112)97-64)94-75(113)61(40)93-73(111)49(31-57(88)104)92-76(63)114/h7-16,24-30,34-36,48-49,56,58,60-68,70-71,79,89-90,100-103,105-109H,17-23,31-33H2,1-6H3,(H2,88,104)(H,91,117)(H,92,114)(H,93,111)(H,94,113)(H,95,115)(H,96,110)(H,97,112)(H,98,116)/t35-,48+,49-,56+,58-,60+,61+,62+,63+,64-,65+,66+,67+,68-,70+,71+,79-,81-/m0/s1. The molecule has 0 spiro atoms. The van der Waals surface area contributed by atoms with E-state index in [1.165, 1.54) is 38.2 Å². The Hall–Kier alpha value is -11.2. The van der Waals surface area contributed by atoms with Gasteiger partial charge in [-0.1, -0.05) is 55.2 Å². The Balaban J connectivity index is 0.970. The lowest BCUT2D eigenvalue weighted by Gasteiger charge is -2.48. The third kappa shape index (κ3) is 21.5. The summed E-state index contributed by atoms with van der Waals surface area (Å²) in [5.41, 5.74) is 4.16. The summed E-state index contributed by atoms with van der Waals surface area (Å²) in [7, 11) is 2.50. The van der Waals surface area contributed by atoms with Crippen molar-refractivity contribution in [2.24, 2.45) is 17.6 Å². The van der Waals surface area contributed by atoms with Gasteiger partial charge in [0.1, 0.15) is 101 Å². The summed E-state index contributed by atoms with van der Waals surface area (Å²) >= 11 is 14.3. The van der Waals surface area contributed by atoms with Crippen LogP contribution in [0.3, 0.4) is 0 Å². The number of phenolic OH excluding ortho intramolecular Hbond substituents is 3. The number of phenols is 3. The van der Waals surface area contributed by atoms with Crippen molar-refractivity contribution in [1.29, 1.82) is 0 Å². The number of aromatic hydroxyl groups is 3. The SMILES string of the molecule is CN[C@H](CC(C)C)C(=O)N[C@H]1C(=O)N[C@@H](CC(N)=O)C(=O)N[C@H]2C(=O)N[C@H]3C(=O)N[C@H](C(=O)N[C@@H](C(=O)NOC)c4cc(O)cc(O)c4-c4cc3ccc4O)[C@H](O)c3ccc(c(Cl)c3)Oc3cc2cc(c3O[C@@H]2O[C@H](CO)[C@@H](O)[C@H](O)[C@H]2O[C@H]2C[C@](C)(NCCC3CCN(C(=O)Nc4ccc(OC(F)(F)F)cc4)CC3)[C@H](O)[C@H](C)O2)Oc2ccc(cc2Cl)[C@H]1O. The number of fused-ring (bicyclic) bond motifs is 15. The molecule has 0 saturated carbocycles. The minimum absolute atomic E-state index is 0.0500. The third-order valence-electron chi connectivity index (χ3n) is 22.3. The highest BCUT2D eigenvalue weighted by Gasteiger charge is 2.53. The first-order valence-corrected chi connectivity index (χ1v) is 40.4. The fourth-order valence-corrected chi connectivity index (χ4v) is 16.2. The van der Waals surface area contributed by atoms with Crippen LogP contribution < -0.4 is 78.0 Å². The number of aliphatic hydroxyl groups excluding tert-OH is 6. The molecule has 38 nitrogen and oxygen atoms in total. The number of urea groups is 1. The minimum atomic E-state index is -4.91. The molecule has 6 aromatic carbocycles. The van der Waals surface area contributed by atoms with Crippen LogP contribution in [0.15, 0.2) is 103 Å². The molecule has 14 rings (SSSR count). The molecule has 3 saturated heterocycles. The van der Waals surface area contributed by atoms with Crippen molar-refractivity contribution in [3.05, 3.63) is 141 Å². The number of benzene rings is 6. The summed E-state index contributed by atoms with van der Waals surface area (Å²) in [6, 6.07) is 3.80. The van der Waals surface area contributed by atoms with E-state index in [0.717, 1.165) is 86.0 Å². The Morgan fingerprint density at radius 3 is 1.95 bits per heavy atom. The van der Waals surface area contributed by atoms with Gasteiger partial charge in [-0.05, 0) is 172 Å². The fourth-order valence-electron chi connectivity index (χ4n) is 15.7. The molecular formula is C82H95Cl2F3N12O26. The Kier molecular flexibility index (Phi) is 29.1. The van der Waals surface area contributed by atoms with Crippen LogP contribution in [0.1, 0.15) is 124 Å². The maximum absolute atomic E-state index is 16.3. The van der Waals surface area contributed by atoms with E-state index in [4.69, 9.17) is 62.2 Å². The molecule has 8 aliphatic rings. The number of likely N-dealkylation sites (N-methyl/N-ethyl adjacent to an activating group) is 1. The molecule has 6 aromatic rings. The van der Waals surface area contributed by atoms with E-state index in [1.54, 1.807) is 11.8 Å². The quantitative estimate of drug-likeness (QED) is 0.0486. The van der Waals surface area contributed by atoms with E-state index in [-0.39, 0.29) is 64.4 Å². The smallest absolute Gasteiger partial charge is 0.508 e. The third-order valence-corrected chi connectivity index (χ3v) is 22.9. The molecule has 21 N–H and O–H groups in total. The van der Waals surface area contributed by atoms with Gasteiger partial charge in [-0.3, -0.25) is 43.2 Å². The van der Waals surface area contributed by atoms with Gasteiger partial charge < -0.3 is 138 Å². The Labute approximate surface area is 721 Å². The molecule has 3 fully saturated rings. The second-order valence-corrected chi connectivity index (χ2v) is 32.4. The van der Waals surface area contributed by atoms with Gasteiger partial charge >= 0.3 is 12.4 Å². The number of halogens is 5. The first kappa shape index (κ1) is 93.0. The highest BCUT2D eigenvalue weighted by atomic mass is 35.5. The number of hydrogen-bond acceptors (Lipinski definition) is 28. The zero-order valence-electron chi connectivity index (χ0n) is 67.7. The Morgan fingerprint density at radius 1 is 0.720 bits per heavy atom. The number of nitrogens with zero attached hydrogens (tertiary/aromatic N) is 1. The lowest BCUT2D eigenvalue weighted by molar-refractivity contribution is -0.334. The average Bonchev–Trinajstić information content (AvgIpc) is 0.763. The number of hydroxylamine groups is 1. The van der Waals surface area contributed by atoms with Crippen LogP contribution in [0.2, 0.25) is 10.0 Å². The number of amides is 10. The van der Waals surface area contributed by atoms with E-state index in [2.05, 4.69) is 58.1 Å². The van der Waals surface area contributed by atoms with Gasteiger partial charge in [0.15, 0.2) is 23.9 Å². The van der Waals surface area contributed by atoms with Crippen molar-refractivity contribution in [1.82, 2.24) is 52.9 Å². The van der Waals surface area contributed by atoms with E-state index in [9.17, 15) is 78.3 Å². The van der Waals surface area contributed by atoms with Crippen LogP contribution in [0.5, 0.6) is 51.7 Å².